The third-order valence-electron chi connectivity index (χ3n) is 7.65. The summed E-state index contributed by atoms with van der Waals surface area (Å²) in [5.41, 5.74) is 10.6. The second kappa shape index (κ2) is 11.0. The zero-order valence-corrected chi connectivity index (χ0v) is 22.7. The highest BCUT2D eigenvalue weighted by molar-refractivity contribution is 5.91. The first-order valence-corrected chi connectivity index (χ1v) is 14.0. The molecule has 0 saturated heterocycles. The molecular weight excluding hydrogens is 494 g/mol. The van der Waals surface area contributed by atoms with Crippen LogP contribution >= 0.6 is 0 Å². The van der Waals surface area contributed by atoms with E-state index in [0.717, 1.165) is 17.1 Å². The van der Waals surface area contributed by atoms with E-state index in [1.807, 2.05) is 0 Å². The van der Waals surface area contributed by atoms with Crippen LogP contribution in [0.15, 0.2) is 176 Å². The molecule has 194 valence electrons. The summed E-state index contributed by atoms with van der Waals surface area (Å²) in [5.74, 6) is 0. The fourth-order valence-corrected chi connectivity index (χ4v) is 5.58. The smallest absolute Gasteiger partial charge is 0.0540 e. The molecule has 0 unspecified atom stereocenters. The number of nitrogens with zero attached hydrogens (tertiary/aromatic N) is 1. The van der Waals surface area contributed by atoms with Crippen LogP contribution in [0.4, 0.5) is 17.1 Å². The Hall–Kier alpha value is -5.40. The minimum Gasteiger partial charge on any atom is -0.310 e. The SMILES string of the molecule is c1ccc(-c2ccc(-c3ccccc3N(c3ccccc3)c3cccc(-c4ccc5ccccc5c4)c3)cc2)cc1. The Morgan fingerprint density at radius 2 is 0.829 bits per heavy atom. The van der Waals surface area contributed by atoms with Gasteiger partial charge in [0.05, 0.1) is 5.69 Å². The molecule has 0 aliphatic carbocycles. The summed E-state index contributed by atoms with van der Waals surface area (Å²) in [7, 11) is 0. The predicted octanol–water partition coefficient (Wildman–Crippen LogP) is 11.3. The van der Waals surface area contributed by atoms with Crippen molar-refractivity contribution in [2.24, 2.45) is 0 Å². The number of rotatable bonds is 6. The van der Waals surface area contributed by atoms with Gasteiger partial charge in [0.15, 0.2) is 0 Å². The largest absolute Gasteiger partial charge is 0.310 e. The van der Waals surface area contributed by atoms with Crippen molar-refractivity contribution in [1.29, 1.82) is 0 Å². The Labute approximate surface area is 241 Å². The molecule has 0 radical (unpaired) electrons. The first-order chi connectivity index (χ1) is 20.3. The molecule has 0 bridgehead atoms. The van der Waals surface area contributed by atoms with E-state index in [1.165, 1.54) is 44.2 Å². The standard InChI is InChI=1S/C40H29N/c1-3-12-30(13-4-1)32-22-25-33(26-23-32)39-20-9-10-21-40(39)41(37-17-5-2-6-18-37)38-19-11-16-35(29-38)36-27-24-31-14-7-8-15-34(31)28-36/h1-29H. The normalized spacial score (nSPS) is 10.9. The maximum Gasteiger partial charge on any atom is 0.0540 e. The molecule has 41 heavy (non-hydrogen) atoms. The van der Waals surface area contributed by atoms with Crippen LogP contribution in [-0.2, 0) is 0 Å². The van der Waals surface area contributed by atoms with Crippen LogP contribution in [-0.4, -0.2) is 0 Å². The highest BCUT2D eigenvalue weighted by Gasteiger charge is 2.17. The molecule has 0 amide bonds. The molecule has 0 aromatic heterocycles. The van der Waals surface area contributed by atoms with Crippen LogP contribution < -0.4 is 4.90 Å². The maximum absolute atomic E-state index is 2.37. The number of para-hydroxylation sites is 2. The van der Waals surface area contributed by atoms with Crippen molar-refractivity contribution >= 4 is 27.8 Å². The molecule has 1 nitrogen and oxygen atoms in total. The molecular formula is C40H29N. The van der Waals surface area contributed by atoms with Crippen LogP contribution in [0, 0.1) is 0 Å². The second-order valence-corrected chi connectivity index (χ2v) is 10.2. The second-order valence-electron chi connectivity index (χ2n) is 10.2. The van der Waals surface area contributed by atoms with Gasteiger partial charge in [-0.1, -0.05) is 140 Å². The lowest BCUT2D eigenvalue weighted by Crippen LogP contribution is -2.11. The van der Waals surface area contributed by atoms with Gasteiger partial charge in [-0.3, -0.25) is 0 Å². The van der Waals surface area contributed by atoms with Gasteiger partial charge in [0.25, 0.3) is 0 Å². The number of anilines is 3. The van der Waals surface area contributed by atoms with Gasteiger partial charge in [0.1, 0.15) is 0 Å². The van der Waals surface area contributed by atoms with E-state index in [2.05, 4.69) is 181 Å². The van der Waals surface area contributed by atoms with E-state index in [0.29, 0.717) is 0 Å². The van der Waals surface area contributed by atoms with Crippen LogP contribution in [0.1, 0.15) is 0 Å². The van der Waals surface area contributed by atoms with Gasteiger partial charge in [-0.05, 0) is 75.0 Å². The summed E-state index contributed by atoms with van der Waals surface area (Å²) in [6.45, 7) is 0. The maximum atomic E-state index is 2.37. The van der Waals surface area contributed by atoms with E-state index in [9.17, 15) is 0 Å². The van der Waals surface area contributed by atoms with Crippen LogP contribution in [0.3, 0.4) is 0 Å². The Bertz CT molecular complexity index is 1920. The summed E-state index contributed by atoms with van der Waals surface area (Å²) in [6.07, 6.45) is 0. The number of fused-ring (bicyclic) bond motifs is 1. The minimum absolute atomic E-state index is 1.12. The summed E-state index contributed by atoms with van der Waals surface area (Å²) in [4.78, 5) is 2.37. The summed E-state index contributed by atoms with van der Waals surface area (Å²) in [6, 6.07) is 62.9. The average molecular weight is 524 g/mol. The minimum atomic E-state index is 1.12. The molecule has 0 spiro atoms. The number of benzene rings is 7. The zero-order valence-electron chi connectivity index (χ0n) is 22.7. The Morgan fingerprint density at radius 1 is 0.293 bits per heavy atom. The van der Waals surface area contributed by atoms with Gasteiger partial charge < -0.3 is 4.90 Å². The van der Waals surface area contributed by atoms with Crippen molar-refractivity contribution in [2.45, 2.75) is 0 Å². The highest BCUT2D eigenvalue weighted by atomic mass is 15.1. The first-order valence-electron chi connectivity index (χ1n) is 14.0. The van der Waals surface area contributed by atoms with Gasteiger partial charge in [-0.2, -0.15) is 0 Å². The van der Waals surface area contributed by atoms with E-state index in [4.69, 9.17) is 0 Å². The van der Waals surface area contributed by atoms with Crippen molar-refractivity contribution in [3.8, 4) is 33.4 Å². The van der Waals surface area contributed by atoms with E-state index in [-0.39, 0.29) is 0 Å². The highest BCUT2D eigenvalue weighted by Crippen LogP contribution is 2.42. The van der Waals surface area contributed by atoms with Crippen LogP contribution in [0.2, 0.25) is 0 Å². The molecule has 0 saturated carbocycles. The molecule has 1 heteroatoms. The molecule has 0 atom stereocenters. The van der Waals surface area contributed by atoms with Gasteiger partial charge >= 0.3 is 0 Å². The Morgan fingerprint density at radius 3 is 1.63 bits per heavy atom. The van der Waals surface area contributed by atoms with E-state index < -0.39 is 0 Å². The van der Waals surface area contributed by atoms with Crippen molar-refractivity contribution in [3.63, 3.8) is 0 Å². The van der Waals surface area contributed by atoms with Crippen molar-refractivity contribution in [3.05, 3.63) is 176 Å². The number of hydrogen-bond acceptors (Lipinski definition) is 1. The summed E-state index contributed by atoms with van der Waals surface area (Å²) >= 11 is 0. The van der Waals surface area contributed by atoms with E-state index >= 15 is 0 Å². The lowest BCUT2D eigenvalue weighted by Gasteiger charge is -2.28. The fraction of sp³-hybridized carbons (Fsp3) is 0. The number of hydrogen-bond donors (Lipinski definition) is 0. The first kappa shape index (κ1) is 24.6. The monoisotopic (exact) mass is 523 g/mol. The lowest BCUT2D eigenvalue weighted by atomic mass is 9.97. The van der Waals surface area contributed by atoms with Crippen molar-refractivity contribution in [2.75, 3.05) is 4.90 Å². The molecule has 0 heterocycles. The Kier molecular flexibility index (Phi) is 6.61. The summed E-state index contributed by atoms with van der Waals surface area (Å²) in [5, 5.41) is 2.50. The molecule has 0 N–H and O–H groups in total. The third kappa shape index (κ3) is 5.02. The quantitative estimate of drug-likeness (QED) is 0.209. The van der Waals surface area contributed by atoms with Gasteiger partial charge in [-0.15, -0.1) is 0 Å². The summed E-state index contributed by atoms with van der Waals surface area (Å²) < 4.78 is 0. The van der Waals surface area contributed by atoms with Crippen LogP contribution in [0.25, 0.3) is 44.2 Å². The molecule has 0 aliphatic rings. The van der Waals surface area contributed by atoms with Crippen molar-refractivity contribution < 1.29 is 0 Å². The van der Waals surface area contributed by atoms with Crippen LogP contribution in [0.5, 0.6) is 0 Å². The predicted molar refractivity (Wildman–Crippen MR) is 175 cm³/mol. The molecule has 7 aromatic rings. The van der Waals surface area contributed by atoms with Gasteiger partial charge in [-0.25, -0.2) is 0 Å². The molecule has 0 fully saturated rings. The third-order valence-corrected chi connectivity index (χ3v) is 7.65. The molecule has 7 aromatic carbocycles. The Balaban J connectivity index is 1.33. The molecule has 7 rings (SSSR count). The van der Waals surface area contributed by atoms with Gasteiger partial charge in [0, 0.05) is 16.9 Å². The average Bonchev–Trinajstić information content (AvgIpc) is 3.06. The zero-order chi connectivity index (χ0) is 27.4. The van der Waals surface area contributed by atoms with E-state index in [1.54, 1.807) is 0 Å². The lowest BCUT2D eigenvalue weighted by molar-refractivity contribution is 1.28. The molecule has 0 aliphatic heterocycles. The topological polar surface area (TPSA) is 3.24 Å². The fourth-order valence-electron chi connectivity index (χ4n) is 5.58. The van der Waals surface area contributed by atoms with Crippen molar-refractivity contribution in [1.82, 2.24) is 0 Å². The van der Waals surface area contributed by atoms with Gasteiger partial charge in [0.2, 0.25) is 0 Å².